The van der Waals surface area contributed by atoms with E-state index >= 15 is 0 Å². The molecule has 0 N–H and O–H groups in total. The third-order valence-corrected chi connectivity index (χ3v) is 0. The van der Waals surface area contributed by atoms with E-state index in [0.717, 1.165) is 0 Å². The van der Waals surface area contributed by atoms with Gasteiger partial charge < -0.3 is 0 Å². The van der Waals surface area contributed by atoms with Crippen LogP contribution >= 0.6 is 34.8 Å². The molecule has 0 fully saturated rings. The van der Waals surface area contributed by atoms with Crippen LogP contribution in [0, 0.1) is 0 Å². The van der Waals surface area contributed by atoms with Crippen LogP contribution in [-0.4, -0.2) is 4.30 Å². The van der Waals surface area contributed by atoms with Crippen molar-refractivity contribution in [3.8, 4) is 0 Å². The van der Waals surface area contributed by atoms with Gasteiger partial charge in [-0.25, -0.2) is 0 Å². The summed E-state index contributed by atoms with van der Waals surface area (Å²) in [6.45, 7) is 0. The maximum Gasteiger partial charge on any atom is 0.180 e. The predicted octanol–water partition coefficient (Wildman–Crippen LogP) is 1.51. The summed E-state index contributed by atoms with van der Waals surface area (Å²) < 4.78 is -0.750. The Morgan fingerprint density at radius 2 is 1.00 bits per heavy atom. The molecule has 0 aliphatic carbocycles. The SMILES string of the molecule is ClC(Cl)Cl.[N]. The lowest BCUT2D eigenvalue weighted by Crippen LogP contribution is -1.55. The van der Waals surface area contributed by atoms with Gasteiger partial charge in [-0.3, -0.25) is 0 Å². The van der Waals surface area contributed by atoms with Crippen molar-refractivity contribution >= 4 is 34.8 Å². The summed E-state index contributed by atoms with van der Waals surface area (Å²) in [7, 11) is 0. The van der Waals surface area contributed by atoms with Gasteiger partial charge in [-0.1, -0.05) is 34.8 Å². The molecule has 0 aromatic rings. The summed E-state index contributed by atoms with van der Waals surface area (Å²) in [5.41, 5.74) is 0. The van der Waals surface area contributed by atoms with Crippen LogP contribution in [0.2, 0.25) is 0 Å². The van der Waals surface area contributed by atoms with Crippen LogP contribution in [0.1, 0.15) is 0 Å². The highest BCUT2D eigenvalue weighted by Crippen LogP contribution is 2.03. The first-order valence-corrected chi connectivity index (χ1v) is 1.96. The molecule has 3 radical (unpaired) electrons. The van der Waals surface area contributed by atoms with E-state index in [2.05, 4.69) is 0 Å². The summed E-state index contributed by atoms with van der Waals surface area (Å²) in [6.07, 6.45) is 0. The summed E-state index contributed by atoms with van der Waals surface area (Å²) in [5.74, 6) is 0. The fourth-order valence-electron chi connectivity index (χ4n) is 0. The van der Waals surface area contributed by atoms with Gasteiger partial charge in [0.1, 0.15) is 0 Å². The standard InChI is InChI=1S/CHCl3.N/c2-1(3)4;/h1H;. The third-order valence-electron chi connectivity index (χ3n) is 0. The topological polar surface area (TPSA) is 30.5 Å². The van der Waals surface area contributed by atoms with E-state index in [1.54, 1.807) is 0 Å². The van der Waals surface area contributed by atoms with Crippen molar-refractivity contribution in [2.75, 3.05) is 0 Å². The zero-order valence-electron chi connectivity index (χ0n) is 2.16. The first-order chi connectivity index (χ1) is 1.73. The van der Waals surface area contributed by atoms with Crippen LogP contribution in [0.15, 0.2) is 0 Å². The Balaban J connectivity index is 0. The van der Waals surface area contributed by atoms with E-state index in [-0.39, 0.29) is 6.15 Å². The van der Waals surface area contributed by atoms with Gasteiger partial charge in [0.25, 0.3) is 0 Å². The Hall–Kier alpha value is 0.830. The zero-order valence-corrected chi connectivity index (χ0v) is 4.43. The molecular weight excluding hydrogens is 132 g/mol. The first kappa shape index (κ1) is 9.27. The molecule has 0 amide bonds. The number of halogens is 3. The molecule has 4 heteroatoms. The number of hydrogen-bond acceptors (Lipinski definition) is 0. The number of nitrogens with zero attached hydrogens (tertiary/aromatic N) is 1. The largest absolute Gasteiger partial charge is 0.180 e. The number of hydrogen-bond donors (Lipinski definition) is 0. The number of rotatable bonds is 0. The zero-order chi connectivity index (χ0) is 3.58. The molecular formula is CHCl3N. The molecule has 0 aromatic carbocycles. The summed E-state index contributed by atoms with van der Waals surface area (Å²) in [6, 6.07) is 0. The molecule has 0 aliphatic rings. The molecule has 0 atom stereocenters. The van der Waals surface area contributed by atoms with Gasteiger partial charge in [0.2, 0.25) is 0 Å². The monoisotopic (exact) mass is 132 g/mol. The quantitative estimate of drug-likeness (QED) is 0.449. The lowest BCUT2D eigenvalue weighted by Gasteiger charge is -1.69. The van der Waals surface area contributed by atoms with Crippen LogP contribution in [0.25, 0.3) is 0 Å². The Morgan fingerprint density at radius 3 is 1.00 bits per heavy atom. The predicted molar refractivity (Wildman–Crippen MR) is 23.5 cm³/mol. The lowest BCUT2D eigenvalue weighted by atomic mass is 11.9. The maximum atomic E-state index is 4.81. The molecule has 5 heavy (non-hydrogen) atoms. The van der Waals surface area contributed by atoms with Crippen LogP contribution in [0.3, 0.4) is 0 Å². The van der Waals surface area contributed by atoms with Crippen molar-refractivity contribution in [3.63, 3.8) is 0 Å². The van der Waals surface area contributed by atoms with Crippen LogP contribution < -0.4 is 6.15 Å². The fraction of sp³-hybridized carbons (Fsp3) is 1.00. The molecule has 0 spiro atoms. The summed E-state index contributed by atoms with van der Waals surface area (Å²) >= 11 is 14.4. The van der Waals surface area contributed by atoms with Crippen molar-refractivity contribution in [2.45, 2.75) is 4.30 Å². The number of alkyl halides is 3. The highest BCUT2D eigenvalue weighted by Gasteiger charge is 1.78. The average Bonchev–Trinajstić information content (AvgIpc) is 0.811. The Labute approximate surface area is 45.8 Å². The normalized spacial score (nSPS) is 7.20. The Morgan fingerprint density at radius 1 is 1.00 bits per heavy atom. The van der Waals surface area contributed by atoms with Crippen molar-refractivity contribution in [2.24, 2.45) is 0 Å². The summed E-state index contributed by atoms with van der Waals surface area (Å²) in [4.78, 5) is 0. The van der Waals surface area contributed by atoms with Crippen molar-refractivity contribution in [3.05, 3.63) is 0 Å². The smallest absolute Gasteiger partial charge is 0.0874 e. The molecule has 0 rings (SSSR count). The second-order valence-corrected chi connectivity index (χ2v) is 2.23. The molecule has 0 aromatic heterocycles. The van der Waals surface area contributed by atoms with E-state index in [9.17, 15) is 0 Å². The van der Waals surface area contributed by atoms with Crippen LogP contribution in [-0.2, 0) is 0 Å². The van der Waals surface area contributed by atoms with E-state index in [1.165, 1.54) is 0 Å². The van der Waals surface area contributed by atoms with Crippen LogP contribution in [0.4, 0.5) is 0 Å². The van der Waals surface area contributed by atoms with Crippen molar-refractivity contribution < 1.29 is 0 Å². The summed E-state index contributed by atoms with van der Waals surface area (Å²) in [5, 5.41) is 0. The third kappa shape index (κ3) is 56.2. The lowest BCUT2D eigenvalue weighted by molar-refractivity contribution is 1.96. The molecule has 1 nitrogen and oxygen atoms in total. The molecule has 31 valence electrons. The molecule has 0 saturated carbocycles. The average molecular weight is 133 g/mol. The highest BCUT2D eigenvalue weighted by molar-refractivity contribution is 6.63. The van der Waals surface area contributed by atoms with E-state index in [1.807, 2.05) is 0 Å². The van der Waals surface area contributed by atoms with Crippen LogP contribution in [0.5, 0.6) is 0 Å². The second-order valence-electron chi connectivity index (χ2n) is 0.247. The Bertz CT molecular complexity index is 11.6. The van der Waals surface area contributed by atoms with Gasteiger partial charge in [0, 0.05) is 6.15 Å². The fourth-order valence-corrected chi connectivity index (χ4v) is 0. The Kier molecular flexibility index (Phi) is 8.96. The minimum Gasteiger partial charge on any atom is -0.0874 e. The van der Waals surface area contributed by atoms with E-state index in [4.69, 9.17) is 34.8 Å². The van der Waals surface area contributed by atoms with Crippen molar-refractivity contribution in [1.29, 1.82) is 0 Å². The molecule has 0 heterocycles. The molecule has 0 aliphatic heterocycles. The molecule has 0 unspecified atom stereocenters. The highest BCUT2D eigenvalue weighted by atomic mass is 35.6. The minimum atomic E-state index is -0.750. The molecule has 0 saturated heterocycles. The maximum absolute atomic E-state index is 4.81. The van der Waals surface area contributed by atoms with Gasteiger partial charge in [-0.2, -0.15) is 0 Å². The van der Waals surface area contributed by atoms with Gasteiger partial charge in [0.15, 0.2) is 4.30 Å². The second kappa shape index (κ2) is 4.83. The van der Waals surface area contributed by atoms with Gasteiger partial charge in [-0.05, 0) is 0 Å². The van der Waals surface area contributed by atoms with E-state index in [0.29, 0.717) is 0 Å². The van der Waals surface area contributed by atoms with Gasteiger partial charge in [0.05, 0.1) is 0 Å². The van der Waals surface area contributed by atoms with Gasteiger partial charge >= 0.3 is 0 Å². The minimum absolute atomic E-state index is 0. The van der Waals surface area contributed by atoms with E-state index < -0.39 is 4.30 Å². The van der Waals surface area contributed by atoms with Crippen molar-refractivity contribution in [1.82, 2.24) is 6.15 Å². The first-order valence-electron chi connectivity index (χ1n) is 0.655. The molecule has 0 bridgehead atoms. The van der Waals surface area contributed by atoms with Gasteiger partial charge in [-0.15, -0.1) is 0 Å².